The van der Waals surface area contributed by atoms with E-state index < -0.39 is 5.92 Å². The van der Waals surface area contributed by atoms with E-state index in [2.05, 4.69) is 15.9 Å². The zero-order valence-electron chi connectivity index (χ0n) is 14.2. The van der Waals surface area contributed by atoms with Gasteiger partial charge in [0.1, 0.15) is 0 Å². The van der Waals surface area contributed by atoms with Crippen LogP contribution in [0, 0.1) is 0 Å². The van der Waals surface area contributed by atoms with Crippen molar-refractivity contribution >= 4 is 39.1 Å². The average molecular weight is 443 g/mol. The minimum Gasteiger partial charge on any atom is -0.312 e. The van der Waals surface area contributed by atoms with Crippen molar-refractivity contribution in [2.75, 3.05) is 11.4 Å². The Hall–Kier alpha value is -1.46. The molecule has 2 aromatic carbocycles. The number of nitrogens with zero attached hydrogens (tertiary/aromatic N) is 1. The molecular formula is C20H19BrClF2NO. The van der Waals surface area contributed by atoms with Gasteiger partial charge in [-0.05, 0) is 49.1 Å². The van der Waals surface area contributed by atoms with Gasteiger partial charge in [-0.15, -0.1) is 0 Å². The van der Waals surface area contributed by atoms with Crippen molar-refractivity contribution in [2.24, 2.45) is 0 Å². The van der Waals surface area contributed by atoms with E-state index in [1.54, 1.807) is 4.90 Å². The van der Waals surface area contributed by atoms with Gasteiger partial charge in [0.15, 0.2) is 0 Å². The standard InChI is InChI=1S/C20H19BrClF2NO/c21-17-5-1-6-18-16(17)4-3-13-25(18)19(26)7-2-12-20(23,24)14-8-10-15(22)11-9-14/h1,5-6,8-11H,2-4,7,12-13H2. The van der Waals surface area contributed by atoms with E-state index in [0.717, 1.165) is 28.6 Å². The Balaban J connectivity index is 1.62. The highest BCUT2D eigenvalue weighted by atomic mass is 79.9. The number of halogens is 4. The zero-order chi connectivity index (χ0) is 18.7. The lowest BCUT2D eigenvalue weighted by Crippen LogP contribution is -2.35. The molecule has 1 aliphatic rings. The van der Waals surface area contributed by atoms with Gasteiger partial charge < -0.3 is 4.90 Å². The van der Waals surface area contributed by atoms with Gasteiger partial charge in [0, 0.05) is 40.1 Å². The van der Waals surface area contributed by atoms with Gasteiger partial charge in [0.05, 0.1) is 0 Å². The van der Waals surface area contributed by atoms with Crippen molar-refractivity contribution in [1.29, 1.82) is 0 Å². The fourth-order valence-electron chi connectivity index (χ4n) is 3.28. The van der Waals surface area contributed by atoms with Crippen LogP contribution in [0.4, 0.5) is 14.5 Å². The molecule has 1 amide bonds. The maximum absolute atomic E-state index is 14.3. The van der Waals surface area contributed by atoms with Crippen molar-refractivity contribution in [1.82, 2.24) is 0 Å². The van der Waals surface area contributed by atoms with E-state index >= 15 is 0 Å². The lowest BCUT2D eigenvalue weighted by Gasteiger charge is -2.30. The number of hydrogen-bond donors (Lipinski definition) is 0. The number of hydrogen-bond acceptors (Lipinski definition) is 1. The van der Waals surface area contributed by atoms with Crippen molar-refractivity contribution in [3.05, 3.63) is 63.1 Å². The minimum absolute atomic E-state index is 0.0680. The molecule has 0 saturated heterocycles. The molecule has 0 fully saturated rings. The van der Waals surface area contributed by atoms with Crippen LogP contribution in [0.2, 0.25) is 5.02 Å². The molecule has 0 N–H and O–H groups in total. The molecule has 0 bridgehead atoms. The Morgan fingerprint density at radius 3 is 2.65 bits per heavy atom. The molecular weight excluding hydrogens is 424 g/mol. The first-order valence-electron chi connectivity index (χ1n) is 8.60. The summed E-state index contributed by atoms with van der Waals surface area (Å²) >= 11 is 9.27. The molecule has 0 spiro atoms. The van der Waals surface area contributed by atoms with Crippen molar-refractivity contribution in [2.45, 2.75) is 38.0 Å². The summed E-state index contributed by atoms with van der Waals surface area (Å²) in [7, 11) is 0. The van der Waals surface area contributed by atoms with Crippen molar-refractivity contribution < 1.29 is 13.6 Å². The predicted molar refractivity (Wildman–Crippen MR) is 104 cm³/mol. The van der Waals surface area contributed by atoms with E-state index in [0.29, 0.717) is 11.6 Å². The largest absolute Gasteiger partial charge is 0.312 e. The molecule has 1 heterocycles. The van der Waals surface area contributed by atoms with E-state index in [9.17, 15) is 13.6 Å². The van der Waals surface area contributed by atoms with Crippen LogP contribution in [0.5, 0.6) is 0 Å². The third kappa shape index (κ3) is 4.26. The molecule has 0 aliphatic carbocycles. The molecule has 2 aromatic rings. The molecule has 26 heavy (non-hydrogen) atoms. The maximum Gasteiger partial charge on any atom is 0.273 e. The summed E-state index contributed by atoms with van der Waals surface area (Å²) in [5.74, 6) is -3.07. The molecule has 0 atom stereocenters. The number of rotatable bonds is 5. The highest BCUT2D eigenvalue weighted by Gasteiger charge is 2.31. The van der Waals surface area contributed by atoms with Gasteiger partial charge in [-0.25, -0.2) is 8.78 Å². The van der Waals surface area contributed by atoms with Crippen LogP contribution in [0.15, 0.2) is 46.9 Å². The molecule has 3 rings (SSSR count). The summed E-state index contributed by atoms with van der Waals surface area (Å²) in [4.78, 5) is 14.3. The lowest BCUT2D eigenvalue weighted by atomic mass is 10.00. The van der Waals surface area contributed by atoms with Gasteiger partial charge in [-0.1, -0.05) is 45.7 Å². The second-order valence-electron chi connectivity index (χ2n) is 6.45. The first-order chi connectivity index (χ1) is 12.4. The second kappa shape index (κ2) is 8.05. The molecule has 0 radical (unpaired) electrons. The first-order valence-corrected chi connectivity index (χ1v) is 9.77. The number of alkyl halides is 2. The first kappa shape index (κ1) is 19.3. The van der Waals surface area contributed by atoms with Crippen molar-refractivity contribution in [3.8, 4) is 0 Å². The Kier molecular flexibility index (Phi) is 5.98. The van der Waals surface area contributed by atoms with Crippen molar-refractivity contribution in [3.63, 3.8) is 0 Å². The second-order valence-corrected chi connectivity index (χ2v) is 7.74. The smallest absolute Gasteiger partial charge is 0.273 e. The maximum atomic E-state index is 14.3. The molecule has 6 heteroatoms. The zero-order valence-corrected chi connectivity index (χ0v) is 16.5. The average Bonchev–Trinajstić information content (AvgIpc) is 2.62. The molecule has 0 unspecified atom stereocenters. The number of fused-ring (bicyclic) bond motifs is 1. The summed E-state index contributed by atoms with van der Waals surface area (Å²) in [5, 5.41) is 0.426. The van der Waals surface area contributed by atoms with Crippen LogP contribution in [0.3, 0.4) is 0 Å². The Morgan fingerprint density at radius 1 is 1.19 bits per heavy atom. The van der Waals surface area contributed by atoms with Gasteiger partial charge >= 0.3 is 0 Å². The van der Waals surface area contributed by atoms with Crippen LogP contribution >= 0.6 is 27.5 Å². The fourth-order valence-corrected chi connectivity index (χ4v) is 3.96. The Bertz CT molecular complexity index is 795. The van der Waals surface area contributed by atoms with Crippen LogP contribution in [0.1, 0.15) is 36.8 Å². The Morgan fingerprint density at radius 2 is 1.92 bits per heavy atom. The summed E-state index contributed by atoms with van der Waals surface area (Å²) in [5.41, 5.74) is 1.93. The van der Waals surface area contributed by atoms with E-state index in [1.807, 2.05) is 18.2 Å². The third-order valence-electron chi connectivity index (χ3n) is 4.64. The minimum atomic E-state index is -2.96. The number of benzene rings is 2. The fraction of sp³-hybridized carbons (Fsp3) is 0.350. The van der Waals surface area contributed by atoms with Crippen LogP contribution in [-0.2, 0) is 17.1 Å². The highest BCUT2D eigenvalue weighted by Crippen LogP contribution is 2.35. The summed E-state index contributed by atoms with van der Waals surface area (Å²) in [6.45, 7) is 0.635. The summed E-state index contributed by atoms with van der Waals surface area (Å²) in [6, 6.07) is 11.4. The number of amides is 1. The van der Waals surface area contributed by atoms with Gasteiger partial charge in [-0.3, -0.25) is 4.79 Å². The van der Waals surface area contributed by atoms with Crippen LogP contribution in [-0.4, -0.2) is 12.5 Å². The summed E-state index contributed by atoms with van der Waals surface area (Å²) < 4.78 is 29.6. The summed E-state index contributed by atoms with van der Waals surface area (Å²) in [6.07, 6.45) is 1.67. The SMILES string of the molecule is O=C(CCCC(F)(F)c1ccc(Cl)cc1)N1CCCc2c(Br)cccc21. The van der Waals surface area contributed by atoms with Gasteiger partial charge in [0.2, 0.25) is 5.91 Å². The molecule has 0 aromatic heterocycles. The van der Waals surface area contributed by atoms with E-state index in [4.69, 9.17) is 11.6 Å². The molecule has 138 valence electrons. The monoisotopic (exact) mass is 441 g/mol. The third-order valence-corrected chi connectivity index (χ3v) is 5.64. The molecule has 2 nitrogen and oxygen atoms in total. The Labute approximate surface area is 165 Å². The molecule has 0 saturated carbocycles. The van der Waals surface area contributed by atoms with Gasteiger partial charge in [-0.2, -0.15) is 0 Å². The van der Waals surface area contributed by atoms with E-state index in [-0.39, 0.29) is 30.7 Å². The normalized spacial score (nSPS) is 14.2. The number of carbonyl (C=O) groups is 1. The van der Waals surface area contributed by atoms with E-state index in [1.165, 1.54) is 24.3 Å². The van der Waals surface area contributed by atoms with Crippen LogP contribution in [0.25, 0.3) is 0 Å². The predicted octanol–water partition coefficient (Wildman–Crippen LogP) is 6.34. The number of carbonyl (C=O) groups excluding carboxylic acids is 1. The lowest BCUT2D eigenvalue weighted by molar-refractivity contribution is -0.119. The highest BCUT2D eigenvalue weighted by molar-refractivity contribution is 9.10. The molecule has 1 aliphatic heterocycles. The van der Waals surface area contributed by atoms with Crippen LogP contribution < -0.4 is 4.90 Å². The topological polar surface area (TPSA) is 20.3 Å². The van der Waals surface area contributed by atoms with Gasteiger partial charge in [0.25, 0.3) is 5.92 Å². The number of anilines is 1. The quantitative estimate of drug-likeness (QED) is 0.529.